The predicted octanol–water partition coefficient (Wildman–Crippen LogP) is 2.72. The number of amides is 1. The molecule has 1 amide bonds. The standard InChI is InChI=1S/C13H15NO2/c1-2-16-13(15)14-12-9-5-7-10-6-3-4-8-11(10)12/h3-4,6,8-9H,2,5,7H2,1H3,(H,14,15). The van der Waals surface area contributed by atoms with E-state index in [1.54, 1.807) is 6.92 Å². The molecule has 3 heteroatoms. The van der Waals surface area contributed by atoms with Gasteiger partial charge >= 0.3 is 6.09 Å². The van der Waals surface area contributed by atoms with Crippen LogP contribution in [0.5, 0.6) is 0 Å². The molecule has 1 aromatic rings. The molecule has 0 bridgehead atoms. The summed E-state index contributed by atoms with van der Waals surface area (Å²) in [5, 5.41) is 2.78. The van der Waals surface area contributed by atoms with Crippen LogP contribution < -0.4 is 5.32 Å². The smallest absolute Gasteiger partial charge is 0.411 e. The molecule has 0 aromatic heterocycles. The molecule has 16 heavy (non-hydrogen) atoms. The van der Waals surface area contributed by atoms with Crippen molar-refractivity contribution in [1.82, 2.24) is 5.32 Å². The zero-order chi connectivity index (χ0) is 11.4. The first kappa shape index (κ1) is 10.7. The number of hydrogen-bond donors (Lipinski definition) is 1. The van der Waals surface area contributed by atoms with Gasteiger partial charge < -0.3 is 4.74 Å². The van der Waals surface area contributed by atoms with Crippen molar-refractivity contribution in [2.45, 2.75) is 19.8 Å². The number of benzene rings is 1. The number of fused-ring (bicyclic) bond motifs is 1. The normalized spacial score (nSPS) is 13.7. The summed E-state index contributed by atoms with van der Waals surface area (Å²) in [5.74, 6) is 0. The van der Waals surface area contributed by atoms with Crippen LogP contribution >= 0.6 is 0 Å². The zero-order valence-electron chi connectivity index (χ0n) is 9.32. The summed E-state index contributed by atoms with van der Waals surface area (Å²) >= 11 is 0. The van der Waals surface area contributed by atoms with Gasteiger partial charge in [-0.25, -0.2) is 4.79 Å². The largest absolute Gasteiger partial charge is 0.450 e. The summed E-state index contributed by atoms with van der Waals surface area (Å²) in [7, 11) is 0. The summed E-state index contributed by atoms with van der Waals surface area (Å²) in [5.41, 5.74) is 3.24. The number of alkyl carbamates (subject to hydrolysis) is 1. The molecule has 1 aliphatic rings. The number of hydrogen-bond acceptors (Lipinski definition) is 2. The van der Waals surface area contributed by atoms with Gasteiger partial charge in [-0.1, -0.05) is 30.3 Å². The summed E-state index contributed by atoms with van der Waals surface area (Å²) in [6.07, 6.45) is 3.65. The van der Waals surface area contributed by atoms with Gasteiger partial charge in [0.25, 0.3) is 0 Å². The molecule has 0 saturated carbocycles. The van der Waals surface area contributed by atoms with Gasteiger partial charge in [-0.3, -0.25) is 5.32 Å². The minimum absolute atomic E-state index is 0.384. The maximum absolute atomic E-state index is 11.3. The van der Waals surface area contributed by atoms with Crippen LogP contribution in [0.3, 0.4) is 0 Å². The Labute approximate surface area is 95.1 Å². The van der Waals surface area contributed by atoms with Crippen LogP contribution in [-0.2, 0) is 11.2 Å². The molecule has 1 aliphatic carbocycles. The van der Waals surface area contributed by atoms with Crippen molar-refractivity contribution in [2.75, 3.05) is 6.61 Å². The van der Waals surface area contributed by atoms with Crippen LogP contribution in [0.15, 0.2) is 30.3 Å². The van der Waals surface area contributed by atoms with Gasteiger partial charge in [0.1, 0.15) is 0 Å². The number of rotatable bonds is 2. The fourth-order valence-electron chi connectivity index (χ4n) is 1.88. The predicted molar refractivity (Wildman–Crippen MR) is 62.9 cm³/mol. The average Bonchev–Trinajstić information content (AvgIpc) is 2.30. The molecule has 0 atom stereocenters. The average molecular weight is 217 g/mol. The van der Waals surface area contributed by atoms with E-state index < -0.39 is 0 Å². The molecule has 0 aliphatic heterocycles. The van der Waals surface area contributed by atoms with Gasteiger partial charge in [0.2, 0.25) is 0 Å². The van der Waals surface area contributed by atoms with E-state index in [0.29, 0.717) is 6.61 Å². The minimum Gasteiger partial charge on any atom is -0.450 e. The molecule has 0 heterocycles. The summed E-state index contributed by atoms with van der Waals surface area (Å²) in [4.78, 5) is 11.3. The molecule has 0 saturated heterocycles. The van der Waals surface area contributed by atoms with E-state index in [-0.39, 0.29) is 6.09 Å². The van der Waals surface area contributed by atoms with E-state index in [1.165, 1.54) is 5.56 Å². The van der Waals surface area contributed by atoms with Gasteiger partial charge in [-0.05, 0) is 25.3 Å². The van der Waals surface area contributed by atoms with E-state index in [0.717, 1.165) is 24.1 Å². The summed E-state index contributed by atoms with van der Waals surface area (Å²) in [6, 6.07) is 8.11. The van der Waals surface area contributed by atoms with E-state index in [1.807, 2.05) is 24.3 Å². The molecule has 1 N–H and O–H groups in total. The highest BCUT2D eigenvalue weighted by Gasteiger charge is 2.13. The van der Waals surface area contributed by atoms with Crippen molar-refractivity contribution in [3.63, 3.8) is 0 Å². The summed E-state index contributed by atoms with van der Waals surface area (Å²) in [6.45, 7) is 2.18. The molecular formula is C13H15NO2. The van der Waals surface area contributed by atoms with E-state index in [2.05, 4.69) is 11.4 Å². The van der Waals surface area contributed by atoms with Crippen molar-refractivity contribution in [3.8, 4) is 0 Å². The molecule has 0 unspecified atom stereocenters. The number of ether oxygens (including phenoxy) is 1. The highest BCUT2D eigenvalue weighted by Crippen LogP contribution is 2.24. The number of carbonyl (C=O) groups excluding carboxylic acids is 1. The maximum atomic E-state index is 11.3. The number of aryl methyl sites for hydroxylation is 1. The topological polar surface area (TPSA) is 38.3 Å². The van der Waals surface area contributed by atoms with Crippen LogP contribution in [0.4, 0.5) is 4.79 Å². The number of carbonyl (C=O) groups is 1. The Hall–Kier alpha value is -1.77. The minimum atomic E-state index is -0.384. The van der Waals surface area contributed by atoms with Crippen molar-refractivity contribution in [1.29, 1.82) is 0 Å². The zero-order valence-corrected chi connectivity index (χ0v) is 9.32. The first-order valence-electron chi connectivity index (χ1n) is 5.53. The van der Waals surface area contributed by atoms with E-state index in [4.69, 9.17) is 4.74 Å². The van der Waals surface area contributed by atoms with Crippen molar-refractivity contribution in [3.05, 3.63) is 41.5 Å². The second kappa shape index (κ2) is 4.84. The van der Waals surface area contributed by atoms with Crippen LogP contribution in [0, 0.1) is 0 Å². The van der Waals surface area contributed by atoms with Crippen molar-refractivity contribution >= 4 is 11.8 Å². The molecule has 0 spiro atoms. The van der Waals surface area contributed by atoms with Crippen LogP contribution in [-0.4, -0.2) is 12.7 Å². The number of allylic oxidation sites excluding steroid dienone is 1. The van der Waals surface area contributed by atoms with Gasteiger partial charge in [0, 0.05) is 11.3 Å². The third-order valence-corrected chi connectivity index (χ3v) is 2.58. The second-order valence-corrected chi connectivity index (χ2v) is 3.66. The monoisotopic (exact) mass is 217 g/mol. The number of nitrogens with one attached hydrogen (secondary N) is 1. The Kier molecular flexibility index (Phi) is 3.25. The Morgan fingerprint density at radius 2 is 2.25 bits per heavy atom. The SMILES string of the molecule is CCOC(=O)NC1=CCCc2ccccc21. The second-order valence-electron chi connectivity index (χ2n) is 3.66. The third-order valence-electron chi connectivity index (χ3n) is 2.58. The lowest BCUT2D eigenvalue weighted by Gasteiger charge is -2.17. The van der Waals surface area contributed by atoms with E-state index >= 15 is 0 Å². The van der Waals surface area contributed by atoms with Crippen LogP contribution in [0.1, 0.15) is 24.5 Å². The molecule has 3 nitrogen and oxygen atoms in total. The fourth-order valence-corrected chi connectivity index (χ4v) is 1.88. The van der Waals surface area contributed by atoms with Crippen molar-refractivity contribution in [2.24, 2.45) is 0 Å². The van der Waals surface area contributed by atoms with Crippen LogP contribution in [0.2, 0.25) is 0 Å². The Bertz CT molecular complexity index is 424. The first-order valence-corrected chi connectivity index (χ1v) is 5.53. The van der Waals surface area contributed by atoms with Gasteiger partial charge in [-0.2, -0.15) is 0 Å². The molecule has 84 valence electrons. The Balaban J connectivity index is 2.16. The molecule has 0 fully saturated rings. The molecule has 1 aromatic carbocycles. The molecular weight excluding hydrogens is 202 g/mol. The molecule has 0 radical (unpaired) electrons. The van der Waals surface area contributed by atoms with Gasteiger partial charge in [0.05, 0.1) is 6.61 Å². The fraction of sp³-hybridized carbons (Fsp3) is 0.308. The lowest BCUT2D eigenvalue weighted by atomic mass is 9.95. The third kappa shape index (κ3) is 2.24. The van der Waals surface area contributed by atoms with E-state index in [9.17, 15) is 4.79 Å². The lowest BCUT2D eigenvalue weighted by Crippen LogP contribution is -2.24. The lowest BCUT2D eigenvalue weighted by molar-refractivity contribution is 0.157. The molecule has 2 rings (SSSR count). The van der Waals surface area contributed by atoms with Gasteiger partial charge in [-0.15, -0.1) is 0 Å². The van der Waals surface area contributed by atoms with Crippen LogP contribution in [0.25, 0.3) is 5.70 Å². The first-order chi connectivity index (χ1) is 7.81. The van der Waals surface area contributed by atoms with Crippen molar-refractivity contribution < 1.29 is 9.53 Å². The highest BCUT2D eigenvalue weighted by molar-refractivity contribution is 5.83. The van der Waals surface area contributed by atoms with Gasteiger partial charge in [0.15, 0.2) is 0 Å². The maximum Gasteiger partial charge on any atom is 0.411 e. The highest BCUT2D eigenvalue weighted by atomic mass is 16.5. The Morgan fingerprint density at radius 3 is 3.06 bits per heavy atom. The Morgan fingerprint density at radius 1 is 1.44 bits per heavy atom. The summed E-state index contributed by atoms with van der Waals surface area (Å²) < 4.78 is 4.87. The quantitative estimate of drug-likeness (QED) is 0.827.